The molecule has 4 fully saturated rings. The van der Waals surface area contributed by atoms with Crippen molar-refractivity contribution in [2.45, 2.75) is 51.3 Å². The van der Waals surface area contributed by atoms with Crippen molar-refractivity contribution in [1.29, 1.82) is 0 Å². The highest BCUT2D eigenvalue weighted by Crippen LogP contribution is 2.65. The number of rotatable bonds is 2. The van der Waals surface area contributed by atoms with Gasteiger partial charge in [-0.25, -0.2) is 0 Å². The van der Waals surface area contributed by atoms with Gasteiger partial charge in [-0.15, -0.1) is 12.4 Å². The zero-order chi connectivity index (χ0) is 14.8. The third-order valence-corrected chi connectivity index (χ3v) is 6.45. The minimum Gasteiger partial charge on any atom is -0.404 e. The molecule has 2 N–H and O–H groups in total. The molecular weight excluding hydrogens is 296 g/mol. The Morgan fingerprint density at radius 2 is 1.86 bits per heavy atom. The summed E-state index contributed by atoms with van der Waals surface area (Å²) < 4.78 is 12.6. The third kappa shape index (κ3) is 2.08. The van der Waals surface area contributed by atoms with Crippen molar-refractivity contribution in [3.63, 3.8) is 0 Å². The zero-order valence-corrected chi connectivity index (χ0v) is 14.3. The molecule has 22 heavy (non-hydrogen) atoms. The monoisotopic (exact) mass is 321 g/mol. The summed E-state index contributed by atoms with van der Waals surface area (Å²) in [5.41, 5.74) is 7.67. The second-order valence-electron chi connectivity index (χ2n) is 7.77. The van der Waals surface area contributed by atoms with Gasteiger partial charge in [0.05, 0.1) is 17.6 Å². The van der Waals surface area contributed by atoms with Crippen molar-refractivity contribution in [2.75, 3.05) is 0 Å². The first-order valence-electron chi connectivity index (χ1n) is 8.06. The highest BCUT2D eigenvalue weighted by atomic mass is 35.5. The first kappa shape index (κ1) is 16.3. The molecule has 0 radical (unpaired) electrons. The lowest BCUT2D eigenvalue weighted by Crippen LogP contribution is -2.65. The number of hydrogen-bond donors (Lipinski definition) is 1. The Hall–Kier alpha value is -0.545. The van der Waals surface area contributed by atoms with Gasteiger partial charge >= 0.3 is 7.12 Å². The summed E-state index contributed by atoms with van der Waals surface area (Å²) in [4.78, 5) is 0. The fraction of sp³-hybridized carbons (Fsp3) is 0.647. The fourth-order valence-corrected chi connectivity index (χ4v) is 4.88. The van der Waals surface area contributed by atoms with E-state index >= 15 is 0 Å². The molecule has 1 aromatic rings. The van der Waals surface area contributed by atoms with Crippen molar-refractivity contribution < 1.29 is 9.31 Å². The van der Waals surface area contributed by atoms with Gasteiger partial charge in [-0.3, -0.25) is 0 Å². The largest absolute Gasteiger partial charge is 0.480 e. The second kappa shape index (κ2) is 5.24. The fourth-order valence-electron chi connectivity index (χ4n) is 4.88. The van der Waals surface area contributed by atoms with Crippen molar-refractivity contribution in [3.05, 3.63) is 35.9 Å². The Balaban J connectivity index is 0.00000144. The number of benzene rings is 1. The minimum atomic E-state index is -0.322. The summed E-state index contributed by atoms with van der Waals surface area (Å²) >= 11 is 0. The molecule has 0 unspecified atom stereocenters. The molecule has 3 nitrogen and oxygen atoms in total. The average molecular weight is 322 g/mol. The molecule has 2 bridgehead atoms. The summed E-state index contributed by atoms with van der Waals surface area (Å²) in [5.74, 6) is 1.14. The lowest BCUT2D eigenvalue weighted by atomic mass is 9.43. The van der Waals surface area contributed by atoms with Crippen LogP contribution < -0.4 is 5.73 Å². The van der Waals surface area contributed by atoms with E-state index < -0.39 is 0 Å². The summed E-state index contributed by atoms with van der Waals surface area (Å²) in [6.45, 7) is 6.99. The van der Waals surface area contributed by atoms with Gasteiger partial charge in [-0.05, 0) is 42.6 Å². The van der Waals surface area contributed by atoms with Crippen LogP contribution in [-0.4, -0.2) is 18.8 Å². The molecule has 5 atom stereocenters. The first-order valence-corrected chi connectivity index (χ1v) is 8.06. The standard InChI is InChI=1S/C17H24BNO2.ClH/c1-16(2)12-9-13(16)17(3)14(10-12)20-18(21-17)15(19)11-7-5-4-6-8-11;/h4-8,12-15H,9-10,19H2,1-3H3;1H/t12-,13-,14-,15+,17-;/m0./s1. The quantitative estimate of drug-likeness (QED) is 0.849. The van der Waals surface area contributed by atoms with Crippen LogP contribution in [0.15, 0.2) is 30.3 Å². The second-order valence-corrected chi connectivity index (χ2v) is 7.77. The van der Waals surface area contributed by atoms with E-state index in [9.17, 15) is 0 Å². The van der Waals surface area contributed by atoms with E-state index in [1.807, 2.05) is 30.3 Å². The van der Waals surface area contributed by atoms with Crippen LogP contribution in [0, 0.1) is 17.3 Å². The molecule has 1 aliphatic heterocycles. The van der Waals surface area contributed by atoms with Gasteiger partial charge in [0.15, 0.2) is 0 Å². The molecule has 5 heteroatoms. The Kier molecular flexibility index (Phi) is 3.88. The average Bonchev–Trinajstić information content (AvgIpc) is 2.84. The lowest BCUT2D eigenvalue weighted by Gasteiger charge is -2.64. The molecule has 3 saturated carbocycles. The summed E-state index contributed by atoms with van der Waals surface area (Å²) in [5, 5.41) is 0. The maximum absolute atomic E-state index is 6.41. The van der Waals surface area contributed by atoms with Gasteiger partial charge in [0, 0.05) is 0 Å². The molecule has 3 aliphatic carbocycles. The van der Waals surface area contributed by atoms with Gasteiger partial charge < -0.3 is 15.0 Å². The van der Waals surface area contributed by atoms with Crippen LogP contribution in [0.5, 0.6) is 0 Å². The van der Waals surface area contributed by atoms with Gasteiger partial charge in [0.25, 0.3) is 0 Å². The molecule has 1 aromatic carbocycles. The molecule has 0 aromatic heterocycles. The Morgan fingerprint density at radius 1 is 1.18 bits per heavy atom. The van der Waals surface area contributed by atoms with Crippen LogP contribution in [-0.2, 0) is 9.31 Å². The van der Waals surface area contributed by atoms with E-state index in [2.05, 4.69) is 20.8 Å². The van der Waals surface area contributed by atoms with Crippen LogP contribution in [0.2, 0.25) is 0 Å². The number of nitrogens with two attached hydrogens (primary N) is 1. The van der Waals surface area contributed by atoms with Crippen molar-refractivity contribution >= 4 is 19.5 Å². The van der Waals surface area contributed by atoms with E-state index in [0.29, 0.717) is 11.3 Å². The van der Waals surface area contributed by atoms with Crippen LogP contribution in [0.3, 0.4) is 0 Å². The number of hydrogen-bond acceptors (Lipinski definition) is 3. The third-order valence-electron chi connectivity index (χ3n) is 6.45. The van der Waals surface area contributed by atoms with Crippen molar-refractivity contribution in [3.8, 4) is 0 Å². The van der Waals surface area contributed by atoms with Crippen molar-refractivity contribution in [1.82, 2.24) is 0 Å². The molecule has 120 valence electrons. The summed E-state index contributed by atoms with van der Waals surface area (Å²) in [6.07, 6.45) is 2.59. The Morgan fingerprint density at radius 3 is 2.50 bits per heavy atom. The van der Waals surface area contributed by atoms with Crippen LogP contribution in [0.1, 0.15) is 45.1 Å². The smallest absolute Gasteiger partial charge is 0.404 e. The Labute approximate surface area is 139 Å². The molecule has 0 spiro atoms. The van der Waals surface area contributed by atoms with Crippen LogP contribution >= 0.6 is 12.4 Å². The maximum Gasteiger partial charge on any atom is 0.480 e. The van der Waals surface area contributed by atoms with E-state index in [1.165, 1.54) is 6.42 Å². The molecule has 5 rings (SSSR count). The molecule has 1 saturated heterocycles. The van der Waals surface area contributed by atoms with Gasteiger partial charge in [0.2, 0.25) is 0 Å². The minimum absolute atomic E-state index is 0. The molecule has 4 aliphatic rings. The molecular formula is C17H25BClNO2. The van der Waals surface area contributed by atoms with Crippen LogP contribution in [0.4, 0.5) is 0 Å². The van der Waals surface area contributed by atoms with Gasteiger partial charge in [-0.1, -0.05) is 44.2 Å². The van der Waals surface area contributed by atoms with E-state index in [1.54, 1.807) is 0 Å². The summed E-state index contributed by atoms with van der Waals surface area (Å²) in [6, 6.07) is 10.1. The molecule has 1 heterocycles. The Bertz CT molecular complexity index is 555. The highest BCUT2D eigenvalue weighted by Gasteiger charge is 2.68. The lowest BCUT2D eigenvalue weighted by molar-refractivity contribution is -0.199. The van der Waals surface area contributed by atoms with E-state index in [4.69, 9.17) is 15.0 Å². The first-order chi connectivity index (χ1) is 9.93. The van der Waals surface area contributed by atoms with Crippen LogP contribution in [0.25, 0.3) is 0 Å². The SMILES string of the molecule is CC1(C)[C@@H]2C[C@@H]3OB([C@H](N)c4ccccc4)O[C@@]3(C)[C@H]1C2.Cl. The van der Waals surface area contributed by atoms with Crippen molar-refractivity contribution in [2.24, 2.45) is 23.0 Å². The maximum atomic E-state index is 6.41. The van der Waals surface area contributed by atoms with E-state index in [-0.39, 0.29) is 37.2 Å². The van der Waals surface area contributed by atoms with Gasteiger partial charge in [-0.2, -0.15) is 0 Å². The highest BCUT2D eigenvalue weighted by molar-refractivity contribution is 6.47. The zero-order valence-electron chi connectivity index (χ0n) is 13.5. The normalized spacial score (nSPS) is 39.5. The molecule has 0 amide bonds. The number of halogens is 1. The van der Waals surface area contributed by atoms with E-state index in [0.717, 1.165) is 17.9 Å². The summed E-state index contributed by atoms with van der Waals surface area (Å²) in [7, 11) is -0.322. The predicted molar refractivity (Wildman–Crippen MR) is 90.7 cm³/mol. The predicted octanol–water partition coefficient (Wildman–Crippen LogP) is 3.38. The van der Waals surface area contributed by atoms with Gasteiger partial charge in [0.1, 0.15) is 0 Å². The topological polar surface area (TPSA) is 44.5 Å².